The first-order valence-corrected chi connectivity index (χ1v) is 13.6. The lowest BCUT2D eigenvalue weighted by Crippen LogP contribution is -3.11. The average Bonchev–Trinajstić information content (AvgIpc) is 3.52. The number of nitrogens with one attached hydrogen (secondary N) is 3. The summed E-state index contributed by atoms with van der Waals surface area (Å²) in [7, 11) is 0. The molecule has 3 N–H and O–H groups in total. The van der Waals surface area contributed by atoms with Gasteiger partial charge < -0.3 is 14.6 Å². The van der Waals surface area contributed by atoms with Gasteiger partial charge >= 0.3 is 5.91 Å². The molecule has 0 radical (unpaired) electrons. The Kier molecular flexibility index (Phi) is 5.96. The van der Waals surface area contributed by atoms with Crippen LogP contribution >= 0.6 is 0 Å². The molecule has 1 fully saturated rings. The minimum absolute atomic E-state index is 0.0338. The van der Waals surface area contributed by atoms with Crippen molar-refractivity contribution in [1.29, 1.82) is 0 Å². The zero-order valence-electron chi connectivity index (χ0n) is 21.3. The van der Waals surface area contributed by atoms with Gasteiger partial charge in [0.25, 0.3) is 5.91 Å². The summed E-state index contributed by atoms with van der Waals surface area (Å²) in [5, 5.41) is 8.67. The van der Waals surface area contributed by atoms with Crippen LogP contribution in [0.4, 0.5) is 5.69 Å². The molecule has 8 heteroatoms. The summed E-state index contributed by atoms with van der Waals surface area (Å²) in [6.45, 7) is 6.79. The number of nitrogens with zero attached hydrogens (tertiary/aromatic N) is 2. The van der Waals surface area contributed by atoms with Gasteiger partial charge in [-0.1, -0.05) is 26.7 Å². The Morgan fingerprint density at radius 3 is 2.67 bits per heavy atom. The van der Waals surface area contributed by atoms with Crippen LogP contribution in [0.15, 0.2) is 18.3 Å². The predicted octanol–water partition coefficient (Wildman–Crippen LogP) is 2.80. The van der Waals surface area contributed by atoms with E-state index in [4.69, 9.17) is 4.74 Å². The number of H-pyrrole nitrogens is 2. The molecule has 4 heterocycles. The van der Waals surface area contributed by atoms with E-state index in [-0.39, 0.29) is 18.4 Å². The van der Waals surface area contributed by atoms with E-state index in [1.807, 2.05) is 11.1 Å². The van der Waals surface area contributed by atoms with Gasteiger partial charge in [-0.05, 0) is 49.3 Å². The number of carbonyl (C=O) groups excluding carboxylic acids is 2. The standard InChI is InChI=1S/C28H35N5O3/c1-3-8-28(9-4-2)21-15-22-20(19-7-5-6-18-16-29-31-25(18)26(19)30-22)14-23(21)33(27(28)35)17-24(34)32-10-12-36-13-11-32/h14-16,30H,3-13,17H2,1-2H3,(H,29,31)/p+1. The van der Waals surface area contributed by atoms with Crippen LogP contribution in [0.25, 0.3) is 22.3 Å². The molecule has 1 aliphatic carbocycles. The lowest BCUT2D eigenvalue weighted by molar-refractivity contribution is -0.737. The van der Waals surface area contributed by atoms with Crippen molar-refractivity contribution in [2.24, 2.45) is 0 Å². The molecular formula is C28H36N5O3+. The monoisotopic (exact) mass is 490 g/mol. The molecule has 3 aromatic rings. The fourth-order valence-corrected chi connectivity index (χ4v) is 6.85. The predicted molar refractivity (Wildman–Crippen MR) is 137 cm³/mol. The van der Waals surface area contributed by atoms with Crippen LogP contribution in [-0.4, -0.2) is 64.7 Å². The Balaban J connectivity index is 1.49. The molecule has 2 amide bonds. The minimum atomic E-state index is -0.546. The fraction of sp³-hybridized carbons (Fsp3) is 0.536. The number of aromatic nitrogens is 3. The molecule has 190 valence electrons. The van der Waals surface area contributed by atoms with E-state index < -0.39 is 5.41 Å². The van der Waals surface area contributed by atoms with Crippen molar-refractivity contribution in [3.05, 3.63) is 35.0 Å². The van der Waals surface area contributed by atoms with Crippen molar-refractivity contribution in [2.75, 3.05) is 32.8 Å². The maximum atomic E-state index is 14.2. The maximum Gasteiger partial charge on any atom is 0.328 e. The van der Waals surface area contributed by atoms with Crippen LogP contribution in [0.1, 0.15) is 62.6 Å². The van der Waals surface area contributed by atoms with E-state index in [9.17, 15) is 9.59 Å². The van der Waals surface area contributed by atoms with Gasteiger partial charge in [0.05, 0.1) is 30.8 Å². The number of ether oxygens (including phenoxy) is 1. The largest absolute Gasteiger partial charge is 0.378 e. The van der Waals surface area contributed by atoms with Crippen LogP contribution in [-0.2, 0) is 32.6 Å². The lowest BCUT2D eigenvalue weighted by atomic mass is 9.74. The molecule has 8 nitrogen and oxygen atoms in total. The number of hydrogen-bond acceptors (Lipinski definition) is 4. The van der Waals surface area contributed by atoms with E-state index >= 15 is 0 Å². The normalized spacial score (nSPS) is 20.8. The summed E-state index contributed by atoms with van der Waals surface area (Å²) in [5.41, 5.74) is 7.36. The summed E-state index contributed by atoms with van der Waals surface area (Å²) in [5.74, 6) is 0.198. The van der Waals surface area contributed by atoms with Gasteiger partial charge in [-0.2, -0.15) is 5.10 Å². The number of amides is 2. The SMILES string of the molecule is CCCC1(CCC)C(=O)[NH+](CC(=O)N2CCOCC2)c2cc3c4c([nH]c3cc21)-c1[nH]ncc1CCC4. The highest BCUT2D eigenvalue weighted by Gasteiger charge is 2.55. The van der Waals surface area contributed by atoms with Gasteiger partial charge in [-0.3, -0.25) is 9.89 Å². The Bertz CT molecular complexity index is 1310. The molecule has 1 unspecified atom stereocenters. The maximum absolute atomic E-state index is 14.2. The van der Waals surface area contributed by atoms with E-state index in [0.29, 0.717) is 31.2 Å². The van der Waals surface area contributed by atoms with Crippen molar-refractivity contribution in [2.45, 2.75) is 64.2 Å². The Hall–Kier alpha value is -2.97. The Morgan fingerprint density at radius 1 is 1.14 bits per heavy atom. The molecule has 2 aromatic heterocycles. The molecule has 1 aromatic carbocycles. The number of aromatic amines is 2. The van der Waals surface area contributed by atoms with Crippen molar-refractivity contribution < 1.29 is 19.2 Å². The summed E-state index contributed by atoms with van der Waals surface area (Å²) in [6, 6.07) is 4.44. The molecule has 3 aliphatic rings. The van der Waals surface area contributed by atoms with Crippen LogP contribution in [0.2, 0.25) is 0 Å². The van der Waals surface area contributed by atoms with Gasteiger partial charge in [-0.25, -0.2) is 9.69 Å². The topological polar surface area (TPSA) is 95.5 Å². The number of hydrogen-bond donors (Lipinski definition) is 3. The highest BCUT2D eigenvalue weighted by Crippen LogP contribution is 2.45. The third kappa shape index (κ3) is 3.53. The third-order valence-electron chi connectivity index (χ3n) is 8.48. The molecule has 2 aliphatic heterocycles. The second-order valence-corrected chi connectivity index (χ2v) is 10.6. The number of morpholine rings is 1. The van der Waals surface area contributed by atoms with Crippen molar-refractivity contribution in [3.8, 4) is 11.4 Å². The van der Waals surface area contributed by atoms with E-state index in [1.165, 1.54) is 16.5 Å². The van der Waals surface area contributed by atoms with Gasteiger partial charge in [-0.15, -0.1) is 0 Å². The minimum Gasteiger partial charge on any atom is -0.378 e. The highest BCUT2D eigenvalue weighted by atomic mass is 16.5. The number of rotatable bonds is 6. The average molecular weight is 491 g/mol. The molecule has 36 heavy (non-hydrogen) atoms. The molecule has 1 saturated heterocycles. The van der Waals surface area contributed by atoms with Crippen LogP contribution in [0.5, 0.6) is 0 Å². The number of quaternary nitrogens is 1. The van der Waals surface area contributed by atoms with Gasteiger partial charge in [0.15, 0.2) is 6.54 Å². The van der Waals surface area contributed by atoms with Crippen LogP contribution in [0, 0.1) is 0 Å². The first-order chi connectivity index (χ1) is 17.6. The van der Waals surface area contributed by atoms with Gasteiger partial charge in [0, 0.05) is 35.6 Å². The first-order valence-electron chi connectivity index (χ1n) is 13.6. The molecule has 0 saturated carbocycles. The Labute approximate surface area is 211 Å². The second kappa shape index (κ2) is 9.16. The van der Waals surface area contributed by atoms with Crippen molar-refractivity contribution in [1.82, 2.24) is 20.1 Å². The summed E-state index contributed by atoms with van der Waals surface area (Å²) >= 11 is 0. The fourth-order valence-electron chi connectivity index (χ4n) is 6.85. The molecule has 0 bridgehead atoms. The van der Waals surface area contributed by atoms with Crippen LogP contribution < -0.4 is 4.90 Å². The zero-order valence-corrected chi connectivity index (χ0v) is 21.3. The number of aryl methyl sites for hydroxylation is 2. The summed E-state index contributed by atoms with van der Waals surface area (Å²) < 4.78 is 5.44. The molecule has 0 spiro atoms. The van der Waals surface area contributed by atoms with Gasteiger partial charge in [0.2, 0.25) is 0 Å². The number of carbonyl (C=O) groups is 2. The van der Waals surface area contributed by atoms with E-state index in [0.717, 1.165) is 73.1 Å². The summed E-state index contributed by atoms with van der Waals surface area (Å²) in [4.78, 5) is 33.8. The zero-order chi connectivity index (χ0) is 24.9. The molecule has 6 rings (SSSR count). The first kappa shape index (κ1) is 23.4. The number of fused-ring (bicyclic) bond motifs is 6. The van der Waals surface area contributed by atoms with Crippen molar-refractivity contribution >= 4 is 28.4 Å². The van der Waals surface area contributed by atoms with Gasteiger partial charge in [0.1, 0.15) is 11.1 Å². The third-order valence-corrected chi connectivity index (χ3v) is 8.48. The van der Waals surface area contributed by atoms with E-state index in [1.54, 1.807) is 0 Å². The molecule has 1 atom stereocenters. The second-order valence-electron chi connectivity index (χ2n) is 10.6. The highest BCUT2D eigenvalue weighted by molar-refractivity contribution is 5.98. The quantitative estimate of drug-likeness (QED) is 0.495. The van der Waals surface area contributed by atoms with E-state index in [2.05, 4.69) is 41.2 Å². The molecular weight excluding hydrogens is 454 g/mol. The smallest absolute Gasteiger partial charge is 0.328 e. The Morgan fingerprint density at radius 2 is 1.92 bits per heavy atom. The number of benzene rings is 1. The summed E-state index contributed by atoms with van der Waals surface area (Å²) in [6.07, 6.45) is 8.42. The van der Waals surface area contributed by atoms with Crippen LogP contribution in [0.3, 0.4) is 0 Å². The lowest BCUT2D eigenvalue weighted by Gasteiger charge is -2.28. The van der Waals surface area contributed by atoms with Crippen molar-refractivity contribution in [3.63, 3.8) is 0 Å².